The van der Waals surface area contributed by atoms with Gasteiger partial charge in [0.2, 0.25) is 0 Å². The molecular weight excluding hydrogens is 392 g/mol. The molecule has 1 aromatic rings. The Morgan fingerprint density at radius 2 is 1.76 bits per heavy atom. The standard InChI is InChI=1S/C17H30N2.2BrH/c1-15-17-10-7-6-9-16(17)11-14-19(15,5)13-8-12-18(2,3)4;;/h6-7,9-10,15H,8,11-14H2,1-5H3;2*1H/q+2;;/p-2. The average Bonchev–Trinajstić information content (AvgIpc) is 2.33. The van der Waals surface area contributed by atoms with E-state index in [0.29, 0.717) is 6.04 Å². The largest absolute Gasteiger partial charge is 1.00 e. The smallest absolute Gasteiger partial charge is 0.112 e. The van der Waals surface area contributed by atoms with Gasteiger partial charge in [-0.15, -0.1) is 0 Å². The summed E-state index contributed by atoms with van der Waals surface area (Å²) in [6.07, 6.45) is 2.55. The van der Waals surface area contributed by atoms with Gasteiger partial charge in [0.05, 0.1) is 47.8 Å². The molecule has 4 heteroatoms. The predicted molar refractivity (Wildman–Crippen MR) is 82.0 cm³/mol. The molecule has 0 spiro atoms. The first-order valence-corrected chi connectivity index (χ1v) is 7.54. The highest BCUT2D eigenvalue weighted by Gasteiger charge is 2.35. The van der Waals surface area contributed by atoms with E-state index in [2.05, 4.69) is 59.4 Å². The molecule has 2 unspecified atom stereocenters. The number of hydrogen-bond acceptors (Lipinski definition) is 0. The Bertz CT molecular complexity index is 443. The van der Waals surface area contributed by atoms with Gasteiger partial charge in [-0.1, -0.05) is 24.3 Å². The van der Waals surface area contributed by atoms with Crippen LogP contribution in [0.2, 0.25) is 0 Å². The summed E-state index contributed by atoms with van der Waals surface area (Å²) < 4.78 is 2.28. The van der Waals surface area contributed by atoms with Crippen LogP contribution in [0.5, 0.6) is 0 Å². The molecule has 0 N–H and O–H groups in total. The Balaban J connectivity index is 0.00000200. The molecule has 21 heavy (non-hydrogen) atoms. The molecular formula is C17H30Br2N2. The Hall–Kier alpha value is 0.1000. The Morgan fingerprint density at radius 3 is 2.38 bits per heavy atom. The number of nitrogens with zero attached hydrogens (tertiary/aromatic N) is 2. The van der Waals surface area contributed by atoms with Crippen LogP contribution in [0.4, 0.5) is 0 Å². The fourth-order valence-electron chi connectivity index (χ4n) is 3.29. The number of likely N-dealkylation sites (N-methyl/N-ethyl adjacent to an activating group) is 1. The Labute approximate surface area is 151 Å². The average molecular weight is 422 g/mol. The number of halogens is 2. The summed E-state index contributed by atoms with van der Waals surface area (Å²) >= 11 is 0. The van der Waals surface area contributed by atoms with Crippen LogP contribution < -0.4 is 34.0 Å². The first kappa shape index (κ1) is 21.1. The fourth-order valence-corrected chi connectivity index (χ4v) is 3.29. The van der Waals surface area contributed by atoms with Crippen molar-refractivity contribution < 1.29 is 42.9 Å². The first-order chi connectivity index (χ1) is 8.82. The molecule has 0 amide bonds. The number of hydrogen-bond donors (Lipinski definition) is 0. The molecule has 2 nitrogen and oxygen atoms in total. The molecule has 0 aliphatic carbocycles. The molecule has 1 aliphatic rings. The minimum absolute atomic E-state index is 0. The summed E-state index contributed by atoms with van der Waals surface area (Å²) in [6, 6.07) is 9.64. The van der Waals surface area contributed by atoms with Crippen molar-refractivity contribution in [1.29, 1.82) is 0 Å². The molecule has 0 bridgehead atoms. The van der Waals surface area contributed by atoms with Crippen molar-refractivity contribution in [2.24, 2.45) is 0 Å². The monoisotopic (exact) mass is 420 g/mol. The molecule has 0 saturated carbocycles. The van der Waals surface area contributed by atoms with E-state index in [1.54, 1.807) is 11.1 Å². The normalized spacial score (nSPS) is 24.5. The highest BCUT2D eigenvalue weighted by Crippen LogP contribution is 2.34. The lowest BCUT2D eigenvalue weighted by Crippen LogP contribution is -3.00. The van der Waals surface area contributed by atoms with Crippen molar-refractivity contribution >= 4 is 0 Å². The number of benzene rings is 1. The van der Waals surface area contributed by atoms with E-state index >= 15 is 0 Å². The third kappa shape index (κ3) is 5.34. The quantitative estimate of drug-likeness (QED) is 0.450. The van der Waals surface area contributed by atoms with Crippen LogP contribution in [0.1, 0.15) is 30.5 Å². The molecule has 0 aromatic heterocycles. The number of quaternary nitrogens is 2. The van der Waals surface area contributed by atoms with Crippen LogP contribution in [0.3, 0.4) is 0 Å². The second-order valence-corrected chi connectivity index (χ2v) is 7.42. The lowest BCUT2D eigenvalue weighted by atomic mass is 9.91. The lowest BCUT2D eigenvalue weighted by molar-refractivity contribution is -0.944. The highest BCUT2D eigenvalue weighted by atomic mass is 79.9. The summed E-state index contributed by atoms with van der Waals surface area (Å²) in [4.78, 5) is 0. The van der Waals surface area contributed by atoms with Crippen LogP contribution in [0.25, 0.3) is 0 Å². The second-order valence-electron chi connectivity index (χ2n) is 7.42. The zero-order valence-corrected chi connectivity index (χ0v) is 17.2. The van der Waals surface area contributed by atoms with Gasteiger partial charge in [-0.2, -0.15) is 0 Å². The van der Waals surface area contributed by atoms with Crippen molar-refractivity contribution in [1.82, 2.24) is 0 Å². The SMILES string of the molecule is CC1c2ccccc2CC[N+]1(C)CCC[N+](C)(C)C.[Br-].[Br-]. The van der Waals surface area contributed by atoms with Gasteiger partial charge in [-0.25, -0.2) is 0 Å². The Morgan fingerprint density at radius 1 is 1.14 bits per heavy atom. The maximum atomic E-state index is 2.44. The van der Waals surface area contributed by atoms with Crippen LogP contribution in [-0.4, -0.2) is 56.8 Å². The van der Waals surface area contributed by atoms with E-state index in [0.717, 1.165) is 4.48 Å². The molecule has 1 aromatic carbocycles. The van der Waals surface area contributed by atoms with E-state index in [4.69, 9.17) is 0 Å². The van der Waals surface area contributed by atoms with Crippen LogP contribution in [0.15, 0.2) is 24.3 Å². The van der Waals surface area contributed by atoms with E-state index in [1.807, 2.05) is 0 Å². The van der Waals surface area contributed by atoms with Gasteiger partial charge in [0.15, 0.2) is 0 Å². The topological polar surface area (TPSA) is 0 Å². The predicted octanol–water partition coefficient (Wildman–Crippen LogP) is -3.15. The van der Waals surface area contributed by atoms with E-state index in [9.17, 15) is 0 Å². The molecule has 0 radical (unpaired) electrons. The van der Waals surface area contributed by atoms with Gasteiger partial charge in [-0.05, 0) is 12.5 Å². The summed E-state index contributed by atoms with van der Waals surface area (Å²) in [6.45, 7) is 6.26. The second kappa shape index (κ2) is 8.09. The third-order valence-electron chi connectivity index (χ3n) is 4.83. The molecule has 1 aliphatic heterocycles. The van der Waals surface area contributed by atoms with Crippen molar-refractivity contribution in [2.75, 3.05) is 47.8 Å². The molecule has 0 fully saturated rings. The summed E-state index contributed by atoms with van der Waals surface area (Å²) in [5.41, 5.74) is 3.14. The lowest BCUT2D eigenvalue weighted by Gasteiger charge is -2.44. The van der Waals surface area contributed by atoms with E-state index in [-0.39, 0.29) is 34.0 Å². The van der Waals surface area contributed by atoms with Crippen molar-refractivity contribution in [3.63, 3.8) is 0 Å². The third-order valence-corrected chi connectivity index (χ3v) is 4.83. The summed E-state index contributed by atoms with van der Waals surface area (Å²) in [5, 5.41) is 0. The van der Waals surface area contributed by atoms with Crippen molar-refractivity contribution in [2.45, 2.75) is 25.8 Å². The highest BCUT2D eigenvalue weighted by molar-refractivity contribution is 5.30. The van der Waals surface area contributed by atoms with Crippen molar-refractivity contribution in [3.8, 4) is 0 Å². The van der Waals surface area contributed by atoms with Gasteiger partial charge in [0, 0.05) is 18.4 Å². The molecule has 122 valence electrons. The maximum Gasteiger partial charge on any atom is 0.112 e. The minimum atomic E-state index is 0. The van der Waals surface area contributed by atoms with Gasteiger partial charge in [0.1, 0.15) is 6.04 Å². The summed E-state index contributed by atoms with van der Waals surface area (Å²) in [7, 11) is 9.30. The van der Waals surface area contributed by atoms with Gasteiger partial charge < -0.3 is 42.9 Å². The Kier molecular flexibility index (Phi) is 8.13. The molecule has 2 rings (SSSR count). The van der Waals surface area contributed by atoms with Crippen LogP contribution in [-0.2, 0) is 6.42 Å². The summed E-state index contributed by atoms with van der Waals surface area (Å²) in [5.74, 6) is 0. The first-order valence-electron chi connectivity index (χ1n) is 7.54. The number of rotatable bonds is 4. The molecule has 2 atom stereocenters. The zero-order valence-electron chi connectivity index (χ0n) is 14.1. The fraction of sp³-hybridized carbons (Fsp3) is 0.647. The van der Waals surface area contributed by atoms with Gasteiger partial charge >= 0.3 is 0 Å². The molecule has 1 heterocycles. The number of fused-ring (bicyclic) bond motifs is 1. The zero-order chi connectivity index (χ0) is 14.1. The maximum absolute atomic E-state index is 2.44. The van der Waals surface area contributed by atoms with E-state index in [1.165, 1.54) is 37.0 Å². The molecule has 0 saturated heterocycles. The van der Waals surface area contributed by atoms with Crippen LogP contribution in [0, 0.1) is 0 Å². The van der Waals surface area contributed by atoms with Gasteiger partial charge in [-0.3, -0.25) is 0 Å². The van der Waals surface area contributed by atoms with Crippen molar-refractivity contribution in [3.05, 3.63) is 35.4 Å². The van der Waals surface area contributed by atoms with E-state index < -0.39 is 0 Å². The van der Waals surface area contributed by atoms with Crippen LogP contribution >= 0.6 is 0 Å². The minimum Gasteiger partial charge on any atom is -1.00 e. The van der Waals surface area contributed by atoms with Gasteiger partial charge in [0.25, 0.3) is 0 Å².